The molecule has 216 valence electrons. The molecule has 2 saturated carbocycles. The lowest BCUT2D eigenvalue weighted by molar-refractivity contribution is -0.126. The largest absolute Gasteiger partial charge is 0.489 e. The summed E-state index contributed by atoms with van der Waals surface area (Å²) in [5.74, 6) is 0.417. The molecule has 2 bridgehead atoms. The summed E-state index contributed by atoms with van der Waals surface area (Å²) in [5.41, 5.74) is 1.00. The van der Waals surface area contributed by atoms with Crippen molar-refractivity contribution in [2.45, 2.75) is 68.5 Å². The average molecular weight is 569 g/mol. The van der Waals surface area contributed by atoms with Gasteiger partial charge in [0.2, 0.25) is 5.91 Å². The first-order valence-electron chi connectivity index (χ1n) is 14.0. The number of nitrogens with one attached hydrogen (secondary N) is 2. The second-order valence-corrected chi connectivity index (χ2v) is 13.3. The summed E-state index contributed by atoms with van der Waals surface area (Å²) in [4.78, 5) is 26.4. The number of hydrogen-bond donors (Lipinski definition) is 3. The maximum atomic E-state index is 13.4. The number of aliphatic hydroxyl groups is 1. The minimum Gasteiger partial charge on any atom is -0.489 e. The lowest BCUT2D eigenvalue weighted by Gasteiger charge is -2.28. The van der Waals surface area contributed by atoms with Crippen LogP contribution in [-0.4, -0.2) is 56.4 Å². The van der Waals surface area contributed by atoms with Crippen LogP contribution in [0, 0.1) is 17.8 Å². The smallest absolute Gasteiger partial charge is 0.251 e. The summed E-state index contributed by atoms with van der Waals surface area (Å²) >= 11 is 0. The Morgan fingerprint density at radius 3 is 2.52 bits per heavy atom. The van der Waals surface area contributed by atoms with Crippen LogP contribution in [0.3, 0.4) is 0 Å². The highest BCUT2D eigenvalue weighted by molar-refractivity contribution is 7.90. The molecule has 8 nitrogen and oxygen atoms in total. The lowest BCUT2D eigenvalue weighted by Crippen LogP contribution is -2.47. The highest BCUT2D eigenvalue weighted by atomic mass is 32.2. The fourth-order valence-electron chi connectivity index (χ4n) is 5.94. The Labute approximate surface area is 237 Å². The van der Waals surface area contributed by atoms with E-state index in [-0.39, 0.29) is 41.2 Å². The van der Waals surface area contributed by atoms with Crippen molar-refractivity contribution < 1.29 is 27.9 Å². The van der Waals surface area contributed by atoms with Crippen molar-refractivity contribution >= 4 is 21.7 Å². The van der Waals surface area contributed by atoms with Gasteiger partial charge in [0.15, 0.2) is 9.84 Å². The molecule has 0 aliphatic heterocycles. The third-order valence-corrected chi connectivity index (χ3v) is 9.22. The Morgan fingerprint density at radius 2 is 1.90 bits per heavy atom. The zero-order valence-electron chi connectivity index (χ0n) is 23.2. The summed E-state index contributed by atoms with van der Waals surface area (Å²) < 4.78 is 30.1. The zero-order chi connectivity index (χ0) is 28.9. The van der Waals surface area contributed by atoms with Crippen LogP contribution in [0.1, 0.15) is 54.9 Å². The number of aliphatic hydroxyl groups excluding tert-OH is 1. The van der Waals surface area contributed by atoms with Crippen molar-refractivity contribution in [1.82, 2.24) is 10.6 Å². The van der Waals surface area contributed by atoms with Crippen LogP contribution in [0.4, 0.5) is 0 Å². The number of ether oxygens (including phenoxy) is 1. The predicted molar refractivity (Wildman–Crippen MR) is 154 cm³/mol. The van der Waals surface area contributed by atoms with Crippen LogP contribution in [0.5, 0.6) is 5.75 Å². The van der Waals surface area contributed by atoms with Crippen molar-refractivity contribution in [3.63, 3.8) is 0 Å². The van der Waals surface area contributed by atoms with E-state index >= 15 is 0 Å². The Balaban J connectivity index is 1.49. The third kappa shape index (κ3) is 7.73. The number of carbonyl (C=O) groups excluding carboxylic acids is 2. The quantitative estimate of drug-likeness (QED) is 0.317. The van der Waals surface area contributed by atoms with E-state index in [1.165, 1.54) is 43.5 Å². The molecular weight excluding hydrogens is 528 g/mol. The maximum Gasteiger partial charge on any atom is 0.251 e. The molecule has 3 unspecified atom stereocenters. The van der Waals surface area contributed by atoms with Crippen molar-refractivity contribution in [2.24, 2.45) is 17.8 Å². The van der Waals surface area contributed by atoms with Gasteiger partial charge in [0.1, 0.15) is 12.4 Å². The van der Waals surface area contributed by atoms with Gasteiger partial charge in [-0.2, -0.15) is 0 Å². The molecule has 2 aliphatic carbocycles. The monoisotopic (exact) mass is 568 g/mol. The summed E-state index contributed by atoms with van der Waals surface area (Å²) in [6.45, 7) is 5.54. The van der Waals surface area contributed by atoms with E-state index in [9.17, 15) is 23.1 Å². The minimum absolute atomic E-state index is 0.0507. The van der Waals surface area contributed by atoms with E-state index in [2.05, 4.69) is 17.2 Å². The molecule has 2 fully saturated rings. The Hall–Kier alpha value is -3.17. The van der Waals surface area contributed by atoms with Gasteiger partial charge < -0.3 is 20.5 Å². The molecule has 4 rings (SSSR count). The molecule has 6 atom stereocenters. The molecule has 0 saturated heterocycles. The Kier molecular flexibility index (Phi) is 9.68. The van der Waals surface area contributed by atoms with Crippen LogP contribution in [0.2, 0.25) is 0 Å². The number of amides is 2. The Morgan fingerprint density at radius 1 is 1.15 bits per heavy atom. The van der Waals surface area contributed by atoms with Crippen molar-refractivity contribution in [3.8, 4) is 5.75 Å². The second kappa shape index (κ2) is 13.0. The lowest BCUT2D eigenvalue weighted by atomic mass is 9.92. The molecule has 0 radical (unpaired) electrons. The van der Waals surface area contributed by atoms with Crippen LogP contribution in [0.25, 0.3) is 0 Å². The van der Waals surface area contributed by atoms with E-state index in [0.717, 1.165) is 18.2 Å². The number of benzene rings is 2. The maximum absolute atomic E-state index is 13.4. The van der Waals surface area contributed by atoms with Crippen LogP contribution in [0.15, 0.2) is 66.1 Å². The predicted octanol–water partition coefficient (Wildman–Crippen LogP) is 3.69. The highest BCUT2D eigenvalue weighted by Crippen LogP contribution is 2.44. The first-order valence-corrected chi connectivity index (χ1v) is 15.8. The number of rotatable bonds is 13. The molecule has 3 N–H and O–H groups in total. The van der Waals surface area contributed by atoms with Crippen molar-refractivity contribution in [3.05, 3.63) is 72.3 Å². The normalized spacial score (nSPS) is 22.2. The van der Waals surface area contributed by atoms with Gasteiger partial charge in [-0.1, -0.05) is 56.3 Å². The molecule has 2 amide bonds. The number of carbonyl (C=O) groups is 2. The number of hydrogen-bond acceptors (Lipinski definition) is 6. The first kappa shape index (κ1) is 29.8. The zero-order valence-corrected chi connectivity index (χ0v) is 24.0. The SMILES string of the molecule is C=CCOc1cc(C(=O)N[C@@H](Cc2ccccc2)[C@H](O)C[C@@H](C)C(=O)NC2CC3CCC2C3)cc(S(C)(=O)=O)c1. The van der Waals surface area contributed by atoms with Crippen molar-refractivity contribution in [1.29, 1.82) is 0 Å². The van der Waals surface area contributed by atoms with Gasteiger partial charge in [-0.3, -0.25) is 9.59 Å². The van der Waals surface area contributed by atoms with E-state index in [4.69, 9.17) is 4.74 Å². The number of fused-ring (bicyclic) bond motifs is 2. The van der Waals surface area contributed by atoms with Crippen molar-refractivity contribution in [2.75, 3.05) is 12.9 Å². The molecule has 0 aromatic heterocycles. The van der Waals surface area contributed by atoms with Crippen LogP contribution in [-0.2, 0) is 21.1 Å². The van der Waals surface area contributed by atoms with Gasteiger partial charge in [0.25, 0.3) is 5.91 Å². The molecular formula is C31H40N2O6S. The van der Waals surface area contributed by atoms with E-state index in [0.29, 0.717) is 18.3 Å². The van der Waals surface area contributed by atoms with Gasteiger partial charge in [-0.05, 0) is 67.7 Å². The minimum atomic E-state index is -3.62. The molecule has 2 aromatic rings. The molecule has 2 aliphatic rings. The molecule has 2 aromatic carbocycles. The summed E-state index contributed by atoms with van der Waals surface area (Å²) in [7, 11) is -3.62. The summed E-state index contributed by atoms with van der Waals surface area (Å²) in [6.07, 6.45) is 6.71. The first-order chi connectivity index (χ1) is 19.0. The molecule has 0 heterocycles. The average Bonchev–Trinajstić information content (AvgIpc) is 3.55. The summed E-state index contributed by atoms with van der Waals surface area (Å²) in [5, 5.41) is 17.4. The molecule has 40 heavy (non-hydrogen) atoms. The fourth-order valence-corrected chi connectivity index (χ4v) is 6.61. The van der Waals surface area contributed by atoms with Gasteiger partial charge in [0.05, 0.1) is 17.0 Å². The van der Waals surface area contributed by atoms with E-state index < -0.39 is 33.8 Å². The van der Waals surface area contributed by atoms with Crippen LogP contribution >= 0.6 is 0 Å². The van der Waals surface area contributed by atoms with Gasteiger partial charge in [-0.15, -0.1) is 0 Å². The van der Waals surface area contributed by atoms with Gasteiger partial charge in [0, 0.05) is 23.8 Å². The molecule has 9 heteroatoms. The topological polar surface area (TPSA) is 122 Å². The van der Waals surface area contributed by atoms with Gasteiger partial charge in [-0.25, -0.2) is 8.42 Å². The van der Waals surface area contributed by atoms with Gasteiger partial charge >= 0.3 is 0 Å². The highest BCUT2D eigenvalue weighted by Gasteiger charge is 2.40. The summed E-state index contributed by atoms with van der Waals surface area (Å²) in [6, 6.07) is 13.1. The van der Waals surface area contributed by atoms with E-state index in [1.807, 2.05) is 30.3 Å². The fraction of sp³-hybridized carbons (Fsp3) is 0.484. The third-order valence-electron chi connectivity index (χ3n) is 8.13. The van der Waals surface area contributed by atoms with E-state index in [1.54, 1.807) is 6.92 Å². The number of sulfone groups is 1. The molecule has 0 spiro atoms. The van der Waals surface area contributed by atoms with Crippen LogP contribution < -0.4 is 15.4 Å². The standard InChI is InChI=1S/C31H40N2O6S/c1-4-12-39-25-17-24(18-26(19-25)40(3,37)38)31(36)33-28(15-21-8-6-5-7-9-21)29(34)13-20(2)30(35)32-27-16-22-10-11-23(27)14-22/h4-9,17-20,22-23,27-29,34H,1,10-16H2,2-3H3,(H,32,35)(H,33,36)/t20-,22?,23?,27?,28+,29-/m1/s1. The Bertz CT molecular complexity index is 1310. The second-order valence-electron chi connectivity index (χ2n) is 11.3.